The lowest BCUT2D eigenvalue weighted by Gasteiger charge is -2.09. The van der Waals surface area contributed by atoms with Gasteiger partial charge in [-0.05, 0) is 48.9 Å². The van der Waals surface area contributed by atoms with Crippen LogP contribution in [-0.4, -0.2) is 18.6 Å². The third-order valence-electron chi connectivity index (χ3n) is 4.24. The van der Waals surface area contributed by atoms with Crippen molar-refractivity contribution in [3.63, 3.8) is 0 Å². The van der Waals surface area contributed by atoms with Gasteiger partial charge in [-0.1, -0.05) is 41.9 Å². The molecule has 27 heavy (non-hydrogen) atoms. The molecule has 0 spiro atoms. The summed E-state index contributed by atoms with van der Waals surface area (Å²) in [6, 6.07) is 19.5. The van der Waals surface area contributed by atoms with Crippen LogP contribution in [0.1, 0.15) is 5.56 Å². The van der Waals surface area contributed by atoms with E-state index in [0.29, 0.717) is 10.7 Å². The number of rotatable bonds is 4. The Labute approximate surface area is 162 Å². The Morgan fingerprint density at radius 3 is 2.59 bits per heavy atom. The van der Waals surface area contributed by atoms with Gasteiger partial charge < -0.3 is 0 Å². The fraction of sp³-hybridized carbons (Fsp3) is 0.0500. The van der Waals surface area contributed by atoms with Crippen LogP contribution in [-0.2, 0) is 10.0 Å². The molecule has 4 aromatic rings. The molecule has 0 aliphatic carbocycles. The number of nitrogens with zero attached hydrogens (tertiary/aromatic N) is 1. The zero-order valence-electron chi connectivity index (χ0n) is 14.4. The number of fused-ring (bicyclic) bond motifs is 1. The van der Waals surface area contributed by atoms with E-state index < -0.39 is 10.0 Å². The minimum absolute atomic E-state index is 0.226. The van der Waals surface area contributed by atoms with Crippen LogP contribution in [0.3, 0.4) is 0 Å². The van der Waals surface area contributed by atoms with Crippen molar-refractivity contribution in [2.45, 2.75) is 11.8 Å². The minimum atomic E-state index is -3.66. The summed E-state index contributed by atoms with van der Waals surface area (Å²) in [6.07, 6.45) is 0. The number of benzene rings is 3. The maximum atomic E-state index is 12.6. The third kappa shape index (κ3) is 3.41. The quantitative estimate of drug-likeness (QED) is 0.509. The fourth-order valence-electron chi connectivity index (χ4n) is 2.94. The van der Waals surface area contributed by atoms with Crippen molar-refractivity contribution in [3.05, 3.63) is 77.3 Å². The molecule has 136 valence electrons. The molecule has 0 saturated heterocycles. The van der Waals surface area contributed by atoms with Crippen LogP contribution < -0.4 is 4.72 Å². The Hall–Kier alpha value is -2.83. The molecule has 3 aromatic carbocycles. The van der Waals surface area contributed by atoms with Gasteiger partial charge >= 0.3 is 0 Å². The first-order chi connectivity index (χ1) is 12.9. The fourth-order valence-corrected chi connectivity index (χ4v) is 4.32. The molecule has 7 heteroatoms. The van der Waals surface area contributed by atoms with Crippen molar-refractivity contribution in [1.29, 1.82) is 0 Å². The summed E-state index contributed by atoms with van der Waals surface area (Å²) in [4.78, 5) is 0.226. The summed E-state index contributed by atoms with van der Waals surface area (Å²) in [5.41, 5.74) is 3.60. The first-order valence-electron chi connectivity index (χ1n) is 8.26. The Morgan fingerprint density at radius 1 is 1.00 bits per heavy atom. The van der Waals surface area contributed by atoms with Crippen molar-refractivity contribution in [3.8, 4) is 11.3 Å². The lowest BCUT2D eigenvalue weighted by molar-refractivity contribution is 0.601. The predicted octanol–water partition coefficient (Wildman–Crippen LogP) is 4.99. The average Bonchev–Trinajstić information content (AvgIpc) is 3.05. The highest BCUT2D eigenvalue weighted by molar-refractivity contribution is 7.92. The van der Waals surface area contributed by atoms with Crippen LogP contribution in [0.4, 0.5) is 5.69 Å². The molecule has 0 aliphatic rings. The van der Waals surface area contributed by atoms with Gasteiger partial charge in [0.1, 0.15) is 5.69 Å². The van der Waals surface area contributed by atoms with Gasteiger partial charge in [0.2, 0.25) is 0 Å². The Kier molecular flexibility index (Phi) is 4.37. The molecule has 2 N–H and O–H groups in total. The summed E-state index contributed by atoms with van der Waals surface area (Å²) in [6.45, 7) is 1.85. The van der Waals surface area contributed by atoms with Crippen LogP contribution >= 0.6 is 11.6 Å². The highest BCUT2D eigenvalue weighted by Crippen LogP contribution is 2.32. The molecule has 0 saturated carbocycles. The van der Waals surface area contributed by atoms with Gasteiger partial charge in [-0.3, -0.25) is 9.82 Å². The number of sulfonamides is 1. The summed E-state index contributed by atoms with van der Waals surface area (Å²) in [5.74, 6) is 0. The van der Waals surface area contributed by atoms with Gasteiger partial charge in [-0.25, -0.2) is 8.42 Å². The van der Waals surface area contributed by atoms with Gasteiger partial charge in [0.05, 0.1) is 21.1 Å². The lowest BCUT2D eigenvalue weighted by atomic mass is 10.1. The molecule has 0 amide bonds. The normalized spacial score (nSPS) is 11.6. The van der Waals surface area contributed by atoms with E-state index >= 15 is 0 Å². The summed E-state index contributed by atoms with van der Waals surface area (Å²) >= 11 is 6.27. The smallest absolute Gasteiger partial charge is 0.261 e. The SMILES string of the molecule is Cc1cccc(S(=O)(=O)Nc2ccc3c(-c4ccccc4Cl)n[nH]c3c2)c1. The Balaban J connectivity index is 1.70. The number of anilines is 1. The second-order valence-corrected chi connectivity index (χ2v) is 8.32. The molecule has 0 atom stereocenters. The van der Waals surface area contributed by atoms with Crippen LogP contribution in [0.5, 0.6) is 0 Å². The van der Waals surface area contributed by atoms with E-state index in [4.69, 9.17) is 11.6 Å². The van der Waals surface area contributed by atoms with Crippen molar-refractivity contribution in [1.82, 2.24) is 10.2 Å². The number of aromatic amines is 1. The standard InChI is InChI=1S/C20H16ClN3O2S/c1-13-5-4-6-15(11-13)27(25,26)24-14-9-10-17-19(12-14)22-23-20(17)16-7-2-3-8-18(16)21/h2-12,24H,1H3,(H,22,23). The van der Waals surface area contributed by atoms with E-state index in [1.807, 2.05) is 43.3 Å². The van der Waals surface area contributed by atoms with Crippen molar-refractivity contribution >= 4 is 38.2 Å². The van der Waals surface area contributed by atoms with Gasteiger partial charge in [-0.15, -0.1) is 0 Å². The number of halogens is 1. The van der Waals surface area contributed by atoms with Gasteiger partial charge in [0.15, 0.2) is 0 Å². The first-order valence-corrected chi connectivity index (χ1v) is 10.1. The van der Waals surface area contributed by atoms with E-state index in [1.54, 1.807) is 30.3 Å². The third-order valence-corrected chi connectivity index (χ3v) is 5.95. The average molecular weight is 398 g/mol. The first kappa shape index (κ1) is 17.6. The maximum Gasteiger partial charge on any atom is 0.261 e. The Morgan fingerprint density at radius 2 is 1.81 bits per heavy atom. The molecule has 0 bridgehead atoms. The van der Waals surface area contributed by atoms with Crippen LogP contribution in [0.2, 0.25) is 5.02 Å². The molecule has 1 aromatic heterocycles. The molecule has 0 unspecified atom stereocenters. The van der Waals surface area contributed by atoms with Crippen molar-refractivity contribution in [2.75, 3.05) is 4.72 Å². The highest BCUT2D eigenvalue weighted by Gasteiger charge is 2.16. The molecule has 1 heterocycles. The van der Waals surface area contributed by atoms with Crippen molar-refractivity contribution in [2.24, 2.45) is 0 Å². The van der Waals surface area contributed by atoms with E-state index in [9.17, 15) is 8.42 Å². The molecule has 4 rings (SSSR count). The summed E-state index contributed by atoms with van der Waals surface area (Å²) in [7, 11) is -3.66. The highest BCUT2D eigenvalue weighted by atomic mass is 35.5. The van der Waals surface area contributed by atoms with Crippen molar-refractivity contribution < 1.29 is 8.42 Å². The molecule has 0 aliphatic heterocycles. The van der Waals surface area contributed by atoms with Crippen LogP contribution in [0.15, 0.2) is 71.6 Å². The molecule has 5 nitrogen and oxygen atoms in total. The number of H-pyrrole nitrogens is 1. The van der Waals surface area contributed by atoms with Gasteiger partial charge in [0.25, 0.3) is 10.0 Å². The zero-order valence-corrected chi connectivity index (χ0v) is 16.0. The number of aromatic nitrogens is 2. The predicted molar refractivity (Wildman–Crippen MR) is 109 cm³/mol. The van der Waals surface area contributed by atoms with E-state index in [2.05, 4.69) is 14.9 Å². The largest absolute Gasteiger partial charge is 0.280 e. The second kappa shape index (κ2) is 6.72. The second-order valence-electron chi connectivity index (χ2n) is 6.23. The lowest BCUT2D eigenvalue weighted by Crippen LogP contribution is -2.12. The number of aryl methyl sites for hydroxylation is 1. The summed E-state index contributed by atoms with van der Waals surface area (Å²) in [5, 5.41) is 8.76. The number of hydrogen-bond donors (Lipinski definition) is 2. The number of nitrogens with one attached hydrogen (secondary N) is 2. The molecular weight excluding hydrogens is 382 g/mol. The van der Waals surface area contributed by atoms with Gasteiger partial charge in [-0.2, -0.15) is 5.10 Å². The summed E-state index contributed by atoms with van der Waals surface area (Å²) < 4.78 is 27.8. The van der Waals surface area contributed by atoms with E-state index in [0.717, 1.165) is 27.7 Å². The van der Waals surface area contributed by atoms with Crippen LogP contribution in [0, 0.1) is 6.92 Å². The Bertz CT molecular complexity index is 1250. The van der Waals surface area contributed by atoms with E-state index in [-0.39, 0.29) is 4.90 Å². The monoisotopic (exact) mass is 397 g/mol. The van der Waals surface area contributed by atoms with E-state index in [1.165, 1.54) is 0 Å². The molecular formula is C20H16ClN3O2S. The molecule has 0 fully saturated rings. The molecule has 0 radical (unpaired) electrons. The van der Waals surface area contributed by atoms with Crippen LogP contribution in [0.25, 0.3) is 22.2 Å². The maximum absolute atomic E-state index is 12.6. The minimum Gasteiger partial charge on any atom is -0.280 e. The topological polar surface area (TPSA) is 74.8 Å². The zero-order chi connectivity index (χ0) is 19.0. The number of hydrogen-bond acceptors (Lipinski definition) is 3. The van der Waals surface area contributed by atoms with Gasteiger partial charge in [0, 0.05) is 10.9 Å².